The molecule has 0 saturated heterocycles. The minimum absolute atomic E-state index is 0.287. The van der Waals surface area contributed by atoms with E-state index in [1.807, 2.05) is 6.07 Å². The summed E-state index contributed by atoms with van der Waals surface area (Å²) in [5.74, 6) is -2.76. The normalized spacial score (nSPS) is 14.3. The van der Waals surface area contributed by atoms with Gasteiger partial charge < -0.3 is 15.7 Å². The van der Waals surface area contributed by atoms with Gasteiger partial charge in [0.05, 0.1) is 13.1 Å². The highest BCUT2D eigenvalue weighted by atomic mass is 32.1. The fourth-order valence-corrected chi connectivity index (χ4v) is 3.84. The number of hydrogen-bond acceptors (Lipinski definition) is 6. The van der Waals surface area contributed by atoms with Gasteiger partial charge in [-0.25, -0.2) is 14.3 Å². The van der Waals surface area contributed by atoms with Gasteiger partial charge >= 0.3 is 17.8 Å². The van der Waals surface area contributed by atoms with E-state index in [4.69, 9.17) is 15.6 Å². The summed E-state index contributed by atoms with van der Waals surface area (Å²) in [6.45, 7) is 1.75. The van der Waals surface area contributed by atoms with Gasteiger partial charge in [-0.15, -0.1) is 11.3 Å². The van der Waals surface area contributed by atoms with Crippen LogP contribution in [0.4, 0.5) is 22.0 Å². The zero-order valence-electron chi connectivity index (χ0n) is 17.5. The quantitative estimate of drug-likeness (QED) is 0.597. The maximum atomic E-state index is 12.7. The number of aliphatic carboxylic acids is 1. The number of rotatable bonds is 6. The second-order valence-electron chi connectivity index (χ2n) is 7.08. The van der Waals surface area contributed by atoms with Crippen molar-refractivity contribution in [1.29, 1.82) is 0 Å². The number of carboxylic acids is 1. The fourth-order valence-electron chi connectivity index (χ4n) is 2.77. The van der Waals surface area contributed by atoms with E-state index < -0.39 is 23.9 Å². The maximum absolute atomic E-state index is 12.7. The van der Waals surface area contributed by atoms with E-state index in [1.54, 1.807) is 11.3 Å². The van der Waals surface area contributed by atoms with E-state index in [2.05, 4.69) is 29.2 Å². The number of alkyl halides is 3. The number of nitrogens with zero attached hydrogens (tertiary/aromatic N) is 4. The lowest BCUT2D eigenvalue weighted by molar-refractivity contribution is -0.192. The standard InChI is InChI=1S/C17H21F2N5OS.C2HF3O2/c1-22-6-4-12(5-7-22)15-3-2-14(26-15)10-23-11-21-24(17(23)25)9-13(8-20)16(18)19;3-2(4,5)1(6)7/h2-4,11H,5-10,20H2,1H3;(H,6,7). The van der Waals surface area contributed by atoms with E-state index in [-0.39, 0.29) is 18.7 Å². The molecule has 0 spiro atoms. The third kappa shape index (κ3) is 7.61. The Kier molecular flexibility index (Phi) is 9.07. The van der Waals surface area contributed by atoms with Crippen molar-refractivity contribution in [2.24, 2.45) is 5.73 Å². The molecule has 1 aliphatic rings. The molecule has 0 aliphatic carbocycles. The Morgan fingerprint density at radius 3 is 2.48 bits per heavy atom. The number of carboxylic acid groups (broad SMARTS) is 1. The Bertz CT molecular complexity index is 1080. The summed E-state index contributed by atoms with van der Waals surface area (Å²) in [6.07, 6.45) is -2.32. The zero-order valence-corrected chi connectivity index (χ0v) is 18.3. The summed E-state index contributed by atoms with van der Waals surface area (Å²) < 4.78 is 59.6. The predicted octanol–water partition coefficient (Wildman–Crippen LogP) is 2.62. The average Bonchev–Trinajstić information content (AvgIpc) is 3.34. The molecule has 0 radical (unpaired) electrons. The van der Waals surface area contributed by atoms with Crippen molar-refractivity contribution >= 4 is 22.9 Å². The second-order valence-corrected chi connectivity index (χ2v) is 8.25. The molecule has 8 nitrogen and oxygen atoms in total. The smallest absolute Gasteiger partial charge is 0.475 e. The van der Waals surface area contributed by atoms with Crippen LogP contribution in [0.25, 0.3) is 5.57 Å². The monoisotopic (exact) mass is 495 g/mol. The van der Waals surface area contributed by atoms with Crippen LogP contribution in [0.15, 0.2) is 41.0 Å². The van der Waals surface area contributed by atoms with E-state index in [0.717, 1.165) is 29.1 Å². The Balaban J connectivity index is 0.000000479. The summed E-state index contributed by atoms with van der Waals surface area (Å²) >= 11 is 1.64. The van der Waals surface area contributed by atoms with Gasteiger partial charge in [-0.1, -0.05) is 6.08 Å². The topological polar surface area (TPSA) is 106 Å². The van der Waals surface area contributed by atoms with Crippen molar-refractivity contribution < 1.29 is 31.9 Å². The number of likely N-dealkylation sites (N-methyl/N-ethyl adjacent to an activating group) is 1. The molecule has 14 heteroatoms. The molecular formula is C19H22F5N5O3S. The number of carbonyl (C=O) groups is 1. The van der Waals surface area contributed by atoms with Crippen LogP contribution < -0.4 is 11.4 Å². The molecule has 0 saturated carbocycles. The van der Waals surface area contributed by atoms with E-state index >= 15 is 0 Å². The Morgan fingerprint density at radius 1 is 1.30 bits per heavy atom. The van der Waals surface area contributed by atoms with Crippen LogP contribution in [0.2, 0.25) is 0 Å². The van der Waals surface area contributed by atoms with Gasteiger partial charge in [-0.2, -0.15) is 27.1 Å². The maximum Gasteiger partial charge on any atom is 0.490 e. The van der Waals surface area contributed by atoms with Gasteiger partial charge in [-0.3, -0.25) is 4.57 Å². The van der Waals surface area contributed by atoms with Crippen LogP contribution >= 0.6 is 11.3 Å². The molecule has 2 aromatic heterocycles. The minimum atomic E-state index is -5.08. The van der Waals surface area contributed by atoms with Crippen molar-refractivity contribution in [2.75, 3.05) is 26.7 Å². The lowest BCUT2D eigenvalue weighted by atomic mass is 10.1. The van der Waals surface area contributed by atoms with Gasteiger partial charge in [0, 0.05) is 35.0 Å². The number of thiophene rings is 1. The second kappa shape index (κ2) is 11.3. The van der Waals surface area contributed by atoms with Crippen LogP contribution in [-0.2, 0) is 17.9 Å². The highest BCUT2D eigenvalue weighted by molar-refractivity contribution is 7.13. The molecule has 3 rings (SSSR count). The number of halogens is 5. The molecule has 3 N–H and O–H groups in total. The summed E-state index contributed by atoms with van der Waals surface area (Å²) in [5.41, 5.74) is 5.91. The molecule has 0 fully saturated rings. The fraction of sp³-hybridized carbons (Fsp3) is 0.421. The first-order chi connectivity index (χ1) is 15.4. The van der Waals surface area contributed by atoms with Crippen LogP contribution in [-0.4, -0.2) is 63.2 Å². The molecule has 182 valence electrons. The summed E-state index contributed by atoms with van der Waals surface area (Å²) in [4.78, 5) is 25.7. The largest absolute Gasteiger partial charge is 0.490 e. The van der Waals surface area contributed by atoms with Crippen molar-refractivity contribution in [3.8, 4) is 0 Å². The van der Waals surface area contributed by atoms with Crippen molar-refractivity contribution in [3.05, 3.63) is 56.4 Å². The first kappa shape index (κ1) is 26.4. The van der Waals surface area contributed by atoms with Gasteiger partial charge in [-0.05, 0) is 31.2 Å². The number of hydrogen-bond donors (Lipinski definition) is 2. The van der Waals surface area contributed by atoms with E-state index in [0.29, 0.717) is 6.54 Å². The molecule has 1 aliphatic heterocycles. The zero-order chi connectivity index (χ0) is 24.8. The van der Waals surface area contributed by atoms with Crippen molar-refractivity contribution in [3.63, 3.8) is 0 Å². The Morgan fingerprint density at radius 2 is 1.97 bits per heavy atom. The molecule has 3 heterocycles. The molecule has 0 amide bonds. The van der Waals surface area contributed by atoms with Gasteiger partial charge in [0.2, 0.25) is 0 Å². The van der Waals surface area contributed by atoms with Gasteiger partial charge in [0.25, 0.3) is 6.08 Å². The van der Waals surface area contributed by atoms with Crippen LogP contribution in [0, 0.1) is 0 Å². The highest BCUT2D eigenvalue weighted by Gasteiger charge is 2.38. The van der Waals surface area contributed by atoms with E-state index in [1.165, 1.54) is 21.3 Å². The van der Waals surface area contributed by atoms with Crippen LogP contribution in [0.5, 0.6) is 0 Å². The molecular weight excluding hydrogens is 473 g/mol. The molecule has 2 aromatic rings. The summed E-state index contributed by atoms with van der Waals surface area (Å²) in [6, 6.07) is 4.07. The first-order valence-electron chi connectivity index (χ1n) is 9.54. The van der Waals surface area contributed by atoms with Crippen molar-refractivity contribution in [2.45, 2.75) is 25.7 Å². The molecule has 33 heavy (non-hydrogen) atoms. The Labute approximate surface area is 189 Å². The summed E-state index contributed by atoms with van der Waals surface area (Å²) in [7, 11) is 2.09. The van der Waals surface area contributed by atoms with Crippen molar-refractivity contribution in [1.82, 2.24) is 19.2 Å². The highest BCUT2D eigenvalue weighted by Crippen LogP contribution is 2.28. The van der Waals surface area contributed by atoms with Crippen LogP contribution in [0.3, 0.4) is 0 Å². The van der Waals surface area contributed by atoms with Crippen LogP contribution in [0.1, 0.15) is 16.2 Å². The first-order valence-corrected chi connectivity index (χ1v) is 10.4. The number of aromatic nitrogens is 3. The lowest BCUT2D eigenvalue weighted by Crippen LogP contribution is -2.27. The lowest BCUT2D eigenvalue weighted by Gasteiger charge is -2.21. The molecule has 0 atom stereocenters. The minimum Gasteiger partial charge on any atom is -0.475 e. The summed E-state index contributed by atoms with van der Waals surface area (Å²) in [5, 5.41) is 11.0. The van der Waals surface area contributed by atoms with Gasteiger partial charge in [0.1, 0.15) is 6.33 Å². The van der Waals surface area contributed by atoms with E-state index in [9.17, 15) is 26.7 Å². The third-order valence-electron chi connectivity index (χ3n) is 4.61. The molecule has 0 unspecified atom stereocenters. The van der Waals surface area contributed by atoms with Gasteiger partial charge in [0.15, 0.2) is 0 Å². The molecule has 0 bridgehead atoms. The molecule has 0 aromatic carbocycles. The third-order valence-corrected chi connectivity index (χ3v) is 5.76. The number of nitrogens with two attached hydrogens (primary N) is 1. The Hall–Kier alpha value is -2.84. The predicted molar refractivity (Wildman–Crippen MR) is 112 cm³/mol. The SMILES string of the molecule is CN1CC=C(c2ccc(Cn3cnn(CC(CN)=C(F)F)c3=O)s2)CC1.O=C(O)C(F)(F)F. The average molecular weight is 495 g/mol.